The fourth-order valence-corrected chi connectivity index (χ4v) is 2.42. The molecule has 2 heteroatoms. The number of hydrogen-bond donors (Lipinski definition) is 1. The summed E-state index contributed by atoms with van der Waals surface area (Å²) in [4.78, 5) is 2.56. The first-order valence-electron chi connectivity index (χ1n) is 4.70. The zero-order valence-electron chi connectivity index (χ0n) is 6.79. The lowest BCUT2D eigenvalue weighted by Crippen LogP contribution is -2.58. The lowest BCUT2D eigenvalue weighted by atomic mass is 9.83. The highest BCUT2D eigenvalue weighted by atomic mass is 16.3. The molecule has 2 saturated carbocycles. The highest BCUT2D eigenvalue weighted by molar-refractivity contribution is 5.08. The number of rotatable bonds is 1. The van der Waals surface area contributed by atoms with Crippen LogP contribution in [0.2, 0.25) is 0 Å². The lowest BCUT2D eigenvalue weighted by Gasteiger charge is -2.50. The fourth-order valence-electron chi connectivity index (χ4n) is 2.42. The van der Waals surface area contributed by atoms with Crippen molar-refractivity contribution in [3.05, 3.63) is 0 Å². The van der Waals surface area contributed by atoms with Crippen LogP contribution in [0, 0.1) is 5.41 Å². The number of aliphatic hydroxyl groups is 1. The third-order valence-corrected chi connectivity index (χ3v) is 3.64. The van der Waals surface area contributed by atoms with Gasteiger partial charge in [0.05, 0.1) is 6.10 Å². The number of aliphatic hydroxyl groups excluding tert-OH is 1. The van der Waals surface area contributed by atoms with Gasteiger partial charge in [-0.15, -0.1) is 0 Å². The molecule has 1 heterocycles. The van der Waals surface area contributed by atoms with Crippen LogP contribution >= 0.6 is 0 Å². The molecular weight excluding hydrogens is 138 g/mol. The van der Waals surface area contributed by atoms with Crippen molar-refractivity contribution in [2.75, 3.05) is 13.1 Å². The van der Waals surface area contributed by atoms with Crippen LogP contribution in [-0.4, -0.2) is 35.2 Å². The molecule has 0 aromatic carbocycles. The van der Waals surface area contributed by atoms with Crippen molar-refractivity contribution in [1.29, 1.82) is 0 Å². The van der Waals surface area contributed by atoms with Gasteiger partial charge in [-0.05, 0) is 31.1 Å². The van der Waals surface area contributed by atoms with E-state index in [-0.39, 0.29) is 6.10 Å². The highest BCUT2D eigenvalue weighted by Gasteiger charge is 2.54. The molecule has 2 aliphatic carbocycles. The Morgan fingerprint density at radius 2 is 1.82 bits per heavy atom. The van der Waals surface area contributed by atoms with Crippen molar-refractivity contribution in [1.82, 2.24) is 4.90 Å². The Hall–Kier alpha value is -0.0800. The van der Waals surface area contributed by atoms with Crippen LogP contribution in [0.15, 0.2) is 0 Å². The summed E-state index contributed by atoms with van der Waals surface area (Å²) in [5.74, 6) is 0. The minimum atomic E-state index is 0.0238. The molecular formula is C9H15NO. The first kappa shape index (κ1) is 6.44. The third kappa shape index (κ3) is 0.859. The van der Waals surface area contributed by atoms with Gasteiger partial charge >= 0.3 is 0 Å². The van der Waals surface area contributed by atoms with E-state index in [0.29, 0.717) is 0 Å². The van der Waals surface area contributed by atoms with Crippen molar-refractivity contribution in [2.45, 2.75) is 37.8 Å². The van der Waals surface area contributed by atoms with E-state index in [4.69, 9.17) is 5.11 Å². The first-order valence-corrected chi connectivity index (χ1v) is 4.70. The first-order chi connectivity index (χ1) is 5.27. The average Bonchev–Trinajstić information content (AvgIpc) is 2.55. The van der Waals surface area contributed by atoms with Crippen LogP contribution in [0.1, 0.15) is 25.7 Å². The Morgan fingerprint density at radius 3 is 2.27 bits per heavy atom. The molecule has 0 amide bonds. The van der Waals surface area contributed by atoms with E-state index in [1.165, 1.54) is 25.9 Å². The Bertz CT molecular complexity index is 174. The number of hydrogen-bond acceptors (Lipinski definition) is 2. The van der Waals surface area contributed by atoms with Crippen LogP contribution in [0.25, 0.3) is 0 Å². The second kappa shape index (κ2) is 1.80. The molecule has 3 fully saturated rings. The quantitative estimate of drug-likeness (QED) is 0.596. The van der Waals surface area contributed by atoms with Gasteiger partial charge in [0.2, 0.25) is 0 Å². The summed E-state index contributed by atoms with van der Waals surface area (Å²) < 4.78 is 0. The van der Waals surface area contributed by atoms with Gasteiger partial charge in [-0.25, -0.2) is 0 Å². The Balaban J connectivity index is 1.52. The van der Waals surface area contributed by atoms with Crippen molar-refractivity contribution >= 4 is 0 Å². The van der Waals surface area contributed by atoms with Crippen LogP contribution in [-0.2, 0) is 0 Å². The van der Waals surface area contributed by atoms with Crippen molar-refractivity contribution in [2.24, 2.45) is 5.41 Å². The molecule has 0 radical (unpaired) electrons. The second-order valence-electron chi connectivity index (χ2n) is 4.68. The van der Waals surface area contributed by atoms with E-state index in [2.05, 4.69) is 4.90 Å². The molecule has 1 aliphatic heterocycles. The van der Waals surface area contributed by atoms with Crippen LogP contribution < -0.4 is 0 Å². The molecule has 0 bridgehead atoms. The smallest absolute Gasteiger partial charge is 0.0570 e. The van der Waals surface area contributed by atoms with Crippen LogP contribution in [0.3, 0.4) is 0 Å². The number of nitrogens with zero attached hydrogens (tertiary/aromatic N) is 1. The number of likely N-dealkylation sites (tertiary alicyclic amines) is 1. The lowest BCUT2D eigenvalue weighted by molar-refractivity contribution is -0.0551. The van der Waals surface area contributed by atoms with Gasteiger partial charge in [0.1, 0.15) is 0 Å². The molecule has 62 valence electrons. The van der Waals surface area contributed by atoms with E-state index < -0.39 is 0 Å². The van der Waals surface area contributed by atoms with Gasteiger partial charge in [-0.3, -0.25) is 4.90 Å². The molecule has 1 N–H and O–H groups in total. The van der Waals surface area contributed by atoms with Crippen LogP contribution in [0.5, 0.6) is 0 Å². The van der Waals surface area contributed by atoms with E-state index in [9.17, 15) is 0 Å². The SMILES string of the molecule is OC1CC(N2CC3(CC3)C2)C1. The standard InChI is InChI=1S/C9H15NO/c11-8-3-7(4-8)10-5-9(6-10)1-2-9/h7-8,11H,1-6H2. The molecule has 0 aromatic rings. The predicted octanol–water partition coefficient (Wildman–Crippen LogP) is 0.606. The zero-order chi connectivity index (χ0) is 7.47. The Labute approximate surface area is 67.2 Å². The topological polar surface area (TPSA) is 23.5 Å². The molecule has 1 saturated heterocycles. The molecule has 0 aromatic heterocycles. The average molecular weight is 153 g/mol. The normalized spacial score (nSPS) is 46.6. The van der Waals surface area contributed by atoms with Crippen molar-refractivity contribution in [3.63, 3.8) is 0 Å². The van der Waals surface area contributed by atoms with Crippen molar-refractivity contribution < 1.29 is 5.11 Å². The minimum absolute atomic E-state index is 0.0238. The van der Waals surface area contributed by atoms with Gasteiger partial charge < -0.3 is 5.11 Å². The summed E-state index contributed by atoms with van der Waals surface area (Å²) in [6, 6.07) is 0.747. The van der Waals surface area contributed by atoms with Gasteiger partial charge in [-0.2, -0.15) is 0 Å². The maximum absolute atomic E-state index is 9.11. The summed E-state index contributed by atoms with van der Waals surface area (Å²) in [5, 5.41) is 9.11. The summed E-state index contributed by atoms with van der Waals surface area (Å²) in [7, 11) is 0. The molecule has 1 spiro atoms. The zero-order valence-corrected chi connectivity index (χ0v) is 6.79. The molecule has 3 aliphatic rings. The molecule has 0 atom stereocenters. The molecule has 3 rings (SSSR count). The summed E-state index contributed by atoms with van der Waals surface area (Å²) in [6.07, 6.45) is 5.04. The van der Waals surface area contributed by atoms with E-state index in [1.807, 2.05) is 0 Å². The van der Waals surface area contributed by atoms with E-state index in [0.717, 1.165) is 24.3 Å². The monoisotopic (exact) mass is 153 g/mol. The van der Waals surface area contributed by atoms with Crippen LogP contribution in [0.4, 0.5) is 0 Å². The fraction of sp³-hybridized carbons (Fsp3) is 1.00. The third-order valence-electron chi connectivity index (χ3n) is 3.64. The Morgan fingerprint density at radius 1 is 1.18 bits per heavy atom. The van der Waals surface area contributed by atoms with Crippen molar-refractivity contribution in [3.8, 4) is 0 Å². The largest absolute Gasteiger partial charge is 0.393 e. The summed E-state index contributed by atoms with van der Waals surface area (Å²) in [6.45, 7) is 2.68. The van der Waals surface area contributed by atoms with Gasteiger partial charge in [0, 0.05) is 19.1 Å². The molecule has 0 unspecified atom stereocenters. The summed E-state index contributed by atoms with van der Waals surface area (Å²) in [5.41, 5.74) is 0.792. The van der Waals surface area contributed by atoms with Gasteiger partial charge in [-0.1, -0.05) is 0 Å². The molecule has 2 nitrogen and oxygen atoms in total. The highest BCUT2D eigenvalue weighted by Crippen LogP contribution is 2.54. The summed E-state index contributed by atoms with van der Waals surface area (Å²) >= 11 is 0. The minimum Gasteiger partial charge on any atom is -0.393 e. The second-order valence-corrected chi connectivity index (χ2v) is 4.68. The Kier molecular flexibility index (Phi) is 1.06. The maximum atomic E-state index is 9.11. The molecule has 11 heavy (non-hydrogen) atoms. The van der Waals surface area contributed by atoms with E-state index in [1.54, 1.807) is 0 Å². The van der Waals surface area contributed by atoms with Gasteiger partial charge in [0.15, 0.2) is 0 Å². The maximum Gasteiger partial charge on any atom is 0.0570 e. The van der Waals surface area contributed by atoms with Gasteiger partial charge in [0.25, 0.3) is 0 Å². The van der Waals surface area contributed by atoms with E-state index >= 15 is 0 Å². The predicted molar refractivity (Wildman–Crippen MR) is 42.3 cm³/mol.